The van der Waals surface area contributed by atoms with Gasteiger partial charge in [-0.15, -0.1) is 0 Å². The first-order chi connectivity index (χ1) is 12.3. The molecule has 25 heavy (non-hydrogen) atoms. The van der Waals surface area contributed by atoms with Crippen LogP contribution in [-0.4, -0.2) is 34.4 Å². The number of nitrogens with zero attached hydrogens (tertiary/aromatic N) is 3. The van der Waals surface area contributed by atoms with Gasteiger partial charge in [0.2, 0.25) is 11.0 Å². The molecule has 0 spiro atoms. The lowest BCUT2D eigenvalue weighted by Crippen LogP contribution is -2.43. The molecule has 1 unspecified atom stereocenters. The Hall–Kier alpha value is -1.95. The first kappa shape index (κ1) is 17.9. The third-order valence-corrected chi connectivity index (χ3v) is 5.33. The summed E-state index contributed by atoms with van der Waals surface area (Å²) in [5.74, 6) is 0.966. The fourth-order valence-corrected chi connectivity index (χ4v) is 3.95. The largest absolute Gasteiger partial charge is 0.354 e. The third kappa shape index (κ3) is 4.78. The smallest absolute Gasteiger partial charge is 0.242 e. The van der Waals surface area contributed by atoms with Crippen molar-refractivity contribution >= 4 is 22.6 Å². The molecule has 0 bridgehead atoms. The van der Waals surface area contributed by atoms with Crippen molar-refractivity contribution in [1.82, 2.24) is 14.7 Å². The number of benzene rings is 1. The van der Waals surface area contributed by atoms with E-state index in [1.165, 1.54) is 23.5 Å². The summed E-state index contributed by atoms with van der Waals surface area (Å²) in [4.78, 5) is 19.3. The highest BCUT2D eigenvalue weighted by molar-refractivity contribution is 7.09. The van der Waals surface area contributed by atoms with E-state index < -0.39 is 0 Å². The van der Waals surface area contributed by atoms with Gasteiger partial charge in [0.05, 0.1) is 0 Å². The van der Waals surface area contributed by atoms with Gasteiger partial charge in [0.25, 0.3) is 0 Å². The van der Waals surface area contributed by atoms with Gasteiger partial charge < -0.3 is 10.2 Å². The Morgan fingerprint density at radius 2 is 2.16 bits per heavy atom. The quantitative estimate of drug-likeness (QED) is 0.735. The number of hydrogen-bond donors (Lipinski definition) is 1. The summed E-state index contributed by atoms with van der Waals surface area (Å²) in [5.41, 5.74) is 1.21. The van der Waals surface area contributed by atoms with Crippen molar-refractivity contribution in [3.63, 3.8) is 0 Å². The average Bonchev–Trinajstić information content (AvgIpc) is 3.28. The second kappa shape index (κ2) is 8.94. The summed E-state index contributed by atoms with van der Waals surface area (Å²) >= 11 is 1.40. The lowest BCUT2D eigenvalue weighted by atomic mass is 10.1. The van der Waals surface area contributed by atoms with Crippen molar-refractivity contribution in [2.24, 2.45) is 0 Å². The minimum atomic E-state index is -0.0980. The van der Waals surface area contributed by atoms with Gasteiger partial charge >= 0.3 is 0 Å². The molecule has 1 N–H and O–H groups in total. The van der Waals surface area contributed by atoms with Crippen molar-refractivity contribution in [3.8, 4) is 0 Å². The van der Waals surface area contributed by atoms with Crippen LogP contribution in [0.15, 0.2) is 30.3 Å². The molecule has 2 aromatic rings. The zero-order valence-corrected chi connectivity index (χ0v) is 15.6. The molecule has 3 rings (SSSR count). The highest BCUT2D eigenvalue weighted by Crippen LogP contribution is 2.27. The lowest BCUT2D eigenvalue weighted by Gasteiger charge is -2.22. The number of nitrogens with one attached hydrogen (secondary N) is 1. The predicted molar refractivity (Wildman–Crippen MR) is 102 cm³/mol. The molecule has 0 aliphatic carbocycles. The standard InChI is InChI=1S/C19H26N4OS/c1-2-3-7-12-20-18(24)16-11-8-13-23(16)19-21-17(22-25-19)14-15-9-5-4-6-10-15/h4-6,9-10,16H,2-3,7-8,11-14H2,1H3,(H,20,24). The van der Waals surface area contributed by atoms with Crippen molar-refractivity contribution in [2.75, 3.05) is 18.0 Å². The Bertz CT molecular complexity index is 673. The first-order valence-electron chi connectivity index (χ1n) is 9.19. The molecule has 1 aliphatic rings. The Balaban J connectivity index is 1.59. The van der Waals surface area contributed by atoms with Gasteiger partial charge in [0.1, 0.15) is 11.9 Å². The van der Waals surface area contributed by atoms with Gasteiger partial charge in [-0.1, -0.05) is 50.1 Å². The molecule has 1 aliphatic heterocycles. The van der Waals surface area contributed by atoms with Crippen LogP contribution in [0.3, 0.4) is 0 Å². The van der Waals surface area contributed by atoms with Crippen LogP contribution >= 0.6 is 11.5 Å². The molecule has 1 aromatic carbocycles. The van der Waals surface area contributed by atoms with E-state index in [1.54, 1.807) is 0 Å². The maximum atomic E-state index is 12.5. The van der Waals surface area contributed by atoms with Gasteiger partial charge in [0.15, 0.2) is 0 Å². The first-order valence-corrected chi connectivity index (χ1v) is 9.96. The molecule has 1 aromatic heterocycles. The lowest BCUT2D eigenvalue weighted by molar-refractivity contribution is -0.122. The number of rotatable bonds is 8. The Morgan fingerprint density at radius 3 is 2.96 bits per heavy atom. The molecule has 0 saturated carbocycles. The SMILES string of the molecule is CCCCCNC(=O)C1CCCN1c1nc(Cc2ccccc2)ns1. The summed E-state index contributed by atoms with van der Waals surface area (Å²) < 4.78 is 4.49. The molecule has 5 nitrogen and oxygen atoms in total. The van der Waals surface area contributed by atoms with E-state index in [1.807, 2.05) is 18.2 Å². The normalized spacial score (nSPS) is 17.0. The van der Waals surface area contributed by atoms with Gasteiger partial charge in [-0.25, -0.2) is 4.98 Å². The van der Waals surface area contributed by atoms with E-state index in [2.05, 4.69) is 38.6 Å². The summed E-state index contributed by atoms with van der Waals surface area (Å²) in [7, 11) is 0. The van der Waals surface area contributed by atoms with Crippen molar-refractivity contribution in [2.45, 2.75) is 51.5 Å². The summed E-state index contributed by atoms with van der Waals surface area (Å²) in [5, 5.41) is 3.95. The number of anilines is 1. The average molecular weight is 359 g/mol. The van der Waals surface area contributed by atoms with Crippen molar-refractivity contribution in [1.29, 1.82) is 0 Å². The molecule has 2 heterocycles. The van der Waals surface area contributed by atoms with Crippen LogP contribution < -0.4 is 10.2 Å². The van der Waals surface area contributed by atoms with Crippen LogP contribution in [0.25, 0.3) is 0 Å². The van der Waals surface area contributed by atoms with Crippen LogP contribution in [0.5, 0.6) is 0 Å². The van der Waals surface area contributed by atoms with E-state index in [0.717, 1.165) is 56.1 Å². The highest BCUT2D eigenvalue weighted by atomic mass is 32.1. The second-order valence-corrected chi connectivity index (χ2v) is 7.24. The predicted octanol–water partition coefficient (Wildman–Crippen LogP) is 3.40. The van der Waals surface area contributed by atoms with Crippen LogP contribution in [0, 0.1) is 0 Å². The number of aromatic nitrogens is 2. The fourth-order valence-electron chi connectivity index (χ4n) is 3.18. The Labute approximate surface area is 153 Å². The van der Waals surface area contributed by atoms with E-state index >= 15 is 0 Å². The molecule has 1 saturated heterocycles. The minimum absolute atomic E-state index is 0.0980. The molecule has 1 fully saturated rings. The number of hydrogen-bond acceptors (Lipinski definition) is 5. The van der Waals surface area contributed by atoms with Crippen molar-refractivity contribution in [3.05, 3.63) is 41.7 Å². The molecular weight excluding hydrogens is 332 g/mol. The topological polar surface area (TPSA) is 58.1 Å². The zero-order chi connectivity index (χ0) is 17.5. The number of carbonyl (C=O) groups is 1. The summed E-state index contributed by atoms with van der Waals surface area (Å²) in [6.07, 6.45) is 6.04. The third-order valence-electron chi connectivity index (χ3n) is 4.54. The van der Waals surface area contributed by atoms with E-state index in [4.69, 9.17) is 0 Å². The number of unbranched alkanes of at least 4 members (excludes halogenated alkanes) is 2. The number of amides is 1. The van der Waals surface area contributed by atoms with Gasteiger partial charge in [0, 0.05) is 31.0 Å². The highest BCUT2D eigenvalue weighted by Gasteiger charge is 2.32. The van der Waals surface area contributed by atoms with Gasteiger partial charge in [-0.3, -0.25) is 4.79 Å². The Morgan fingerprint density at radius 1 is 1.32 bits per heavy atom. The summed E-state index contributed by atoms with van der Waals surface area (Å²) in [6.45, 7) is 3.82. The molecule has 134 valence electrons. The molecular formula is C19H26N4OS. The molecule has 0 radical (unpaired) electrons. The van der Waals surface area contributed by atoms with E-state index in [0.29, 0.717) is 0 Å². The van der Waals surface area contributed by atoms with Crippen LogP contribution in [0.2, 0.25) is 0 Å². The maximum absolute atomic E-state index is 12.5. The van der Waals surface area contributed by atoms with Gasteiger partial charge in [-0.2, -0.15) is 4.37 Å². The molecule has 1 amide bonds. The van der Waals surface area contributed by atoms with Crippen LogP contribution in [0.4, 0.5) is 5.13 Å². The zero-order valence-electron chi connectivity index (χ0n) is 14.8. The number of carbonyl (C=O) groups excluding carboxylic acids is 1. The monoisotopic (exact) mass is 358 g/mol. The van der Waals surface area contributed by atoms with Gasteiger partial charge in [-0.05, 0) is 24.8 Å². The van der Waals surface area contributed by atoms with Crippen molar-refractivity contribution < 1.29 is 4.79 Å². The van der Waals surface area contributed by atoms with Crippen LogP contribution in [0.1, 0.15) is 50.4 Å². The Kier molecular flexibility index (Phi) is 6.39. The summed E-state index contributed by atoms with van der Waals surface area (Å²) in [6, 6.07) is 10.1. The molecule has 6 heteroatoms. The maximum Gasteiger partial charge on any atom is 0.242 e. The minimum Gasteiger partial charge on any atom is -0.354 e. The van der Waals surface area contributed by atoms with E-state index in [9.17, 15) is 4.79 Å². The molecule has 1 atom stereocenters. The fraction of sp³-hybridized carbons (Fsp3) is 0.526. The van der Waals surface area contributed by atoms with E-state index in [-0.39, 0.29) is 11.9 Å². The second-order valence-electron chi connectivity index (χ2n) is 6.51. The van der Waals surface area contributed by atoms with Crippen LogP contribution in [-0.2, 0) is 11.2 Å².